The van der Waals surface area contributed by atoms with Gasteiger partial charge in [-0.15, -0.1) is 0 Å². The number of carbonyl (C=O) groups is 1. The molecule has 2 saturated heterocycles. The molecule has 0 aromatic rings. The molecule has 0 unspecified atom stereocenters. The van der Waals surface area contributed by atoms with Crippen molar-refractivity contribution in [2.75, 3.05) is 13.2 Å². The van der Waals surface area contributed by atoms with Crippen LogP contribution in [0.3, 0.4) is 0 Å². The van der Waals surface area contributed by atoms with Gasteiger partial charge in [0.1, 0.15) is 6.10 Å². The van der Waals surface area contributed by atoms with Crippen LogP contribution in [0.2, 0.25) is 0 Å². The quantitative estimate of drug-likeness (QED) is 0.551. The Hall–Kier alpha value is -0.650. The van der Waals surface area contributed by atoms with Crippen LogP contribution in [0.4, 0.5) is 0 Å². The summed E-state index contributed by atoms with van der Waals surface area (Å²) in [5.74, 6) is 4.35. The van der Waals surface area contributed by atoms with Crippen molar-refractivity contribution in [1.29, 1.82) is 0 Å². The molecular formula is C29H47NO4. The van der Waals surface area contributed by atoms with E-state index in [2.05, 4.69) is 27.7 Å². The van der Waals surface area contributed by atoms with Gasteiger partial charge in [0, 0.05) is 12.3 Å². The lowest BCUT2D eigenvalue weighted by atomic mass is 9.44. The lowest BCUT2D eigenvalue weighted by Gasteiger charge is -2.61. The van der Waals surface area contributed by atoms with Gasteiger partial charge in [-0.2, -0.15) is 0 Å². The fourth-order valence-corrected chi connectivity index (χ4v) is 10.6. The van der Waals surface area contributed by atoms with Crippen LogP contribution in [-0.2, 0) is 19.0 Å². The number of esters is 1. The zero-order valence-corrected chi connectivity index (χ0v) is 21.9. The first-order valence-electron chi connectivity index (χ1n) is 14.4. The highest BCUT2D eigenvalue weighted by Crippen LogP contribution is 2.71. The molecule has 0 amide bonds. The van der Waals surface area contributed by atoms with Crippen LogP contribution in [0, 0.1) is 52.3 Å². The van der Waals surface area contributed by atoms with Crippen molar-refractivity contribution in [2.24, 2.45) is 58.0 Å². The molecule has 12 atom stereocenters. The van der Waals surface area contributed by atoms with Gasteiger partial charge in [0.05, 0.1) is 19.3 Å². The molecule has 192 valence electrons. The minimum Gasteiger partial charge on any atom is -0.461 e. The number of hydrogen-bond donors (Lipinski definition) is 1. The fourth-order valence-electron chi connectivity index (χ4n) is 10.6. The largest absolute Gasteiger partial charge is 0.461 e. The van der Waals surface area contributed by atoms with Crippen LogP contribution < -0.4 is 5.73 Å². The van der Waals surface area contributed by atoms with Crippen LogP contribution >= 0.6 is 0 Å². The normalized spacial score (nSPS) is 56.3. The van der Waals surface area contributed by atoms with Crippen molar-refractivity contribution in [3.05, 3.63) is 0 Å². The van der Waals surface area contributed by atoms with Gasteiger partial charge < -0.3 is 19.9 Å². The van der Waals surface area contributed by atoms with E-state index < -0.39 is 0 Å². The van der Waals surface area contributed by atoms with Crippen molar-refractivity contribution in [2.45, 2.75) is 110 Å². The van der Waals surface area contributed by atoms with E-state index in [0.717, 1.165) is 43.6 Å². The maximum Gasteiger partial charge on any atom is 0.319 e. The molecule has 2 N–H and O–H groups in total. The smallest absolute Gasteiger partial charge is 0.319 e. The summed E-state index contributed by atoms with van der Waals surface area (Å²) >= 11 is 0. The fraction of sp³-hybridized carbons (Fsp3) is 0.966. The lowest BCUT2D eigenvalue weighted by Crippen LogP contribution is -2.55. The first-order chi connectivity index (χ1) is 16.2. The summed E-state index contributed by atoms with van der Waals surface area (Å²) < 4.78 is 19.1. The number of carbonyl (C=O) groups excluding carboxylic acids is 1. The van der Waals surface area contributed by atoms with E-state index in [1.165, 1.54) is 44.9 Å². The van der Waals surface area contributed by atoms with Gasteiger partial charge in [0.15, 0.2) is 5.79 Å². The van der Waals surface area contributed by atoms with Crippen LogP contribution in [0.5, 0.6) is 0 Å². The minimum atomic E-state index is -0.310. The maximum absolute atomic E-state index is 11.8. The molecule has 6 rings (SSSR count). The van der Waals surface area contributed by atoms with Crippen molar-refractivity contribution >= 4 is 5.97 Å². The van der Waals surface area contributed by atoms with Crippen molar-refractivity contribution in [3.8, 4) is 0 Å². The predicted octanol–water partition coefficient (Wildman–Crippen LogP) is 5.30. The lowest BCUT2D eigenvalue weighted by molar-refractivity contribution is -0.273. The van der Waals surface area contributed by atoms with Gasteiger partial charge in [-0.25, -0.2) is 0 Å². The topological polar surface area (TPSA) is 70.8 Å². The molecule has 0 radical (unpaired) electrons. The highest BCUT2D eigenvalue weighted by atomic mass is 16.7. The summed E-state index contributed by atoms with van der Waals surface area (Å²) in [6.07, 6.45) is 12.6. The van der Waals surface area contributed by atoms with E-state index >= 15 is 0 Å². The van der Waals surface area contributed by atoms with E-state index in [9.17, 15) is 4.79 Å². The third kappa shape index (κ3) is 3.31. The minimum absolute atomic E-state index is 0.00241. The molecular weight excluding hydrogens is 426 g/mol. The Labute approximate surface area is 206 Å². The summed E-state index contributed by atoms with van der Waals surface area (Å²) in [5.41, 5.74) is 6.28. The first-order valence-corrected chi connectivity index (χ1v) is 14.4. The molecule has 4 aliphatic carbocycles. The number of fused-ring (bicyclic) bond motifs is 7. The average Bonchev–Trinajstić information content (AvgIpc) is 3.26. The SMILES string of the molecule is C[C@H]1CC[C@@]2(OC1)O[C@H]1C[C@H]3[C@@H]4CC[C@@H]5C[C@H](OC(=O)CN)CC[C@]5(C)[C@H]4CC[C@]3(C)[C@H]1[C@@H]2C. The van der Waals surface area contributed by atoms with Gasteiger partial charge in [0.2, 0.25) is 0 Å². The number of hydrogen-bond acceptors (Lipinski definition) is 5. The Balaban J connectivity index is 1.19. The zero-order chi connectivity index (χ0) is 23.9. The molecule has 0 aromatic heterocycles. The molecule has 5 heteroatoms. The molecule has 4 saturated carbocycles. The van der Waals surface area contributed by atoms with Crippen molar-refractivity contribution in [1.82, 2.24) is 0 Å². The monoisotopic (exact) mass is 473 g/mol. The summed E-state index contributed by atoms with van der Waals surface area (Å²) in [6.45, 7) is 10.8. The van der Waals surface area contributed by atoms with E-state index in [1.807, 2.05) is 0 Å². The Bertz CT molecular complexity index is 808. The van der Waals surface area contributed by atoms with Crippen LogP contribution in [-0.4, -0.2) is 37.1 Å². The number of ether oxygens (including phenoxy) is 3. The summed E-state index contributed by atoms with van der Waals surface area (Å²) in [6, 6.07) is 0. The van der Waals surface area contributed by atoms with E-state index in [0.29, 0.717) is 40.6 Å². The zero-order valence-electron chi connectivity index (χ0n) is 21.9. The summed E-state index contributed by atoms with van der Waals surface area (Å²) in [5, 5.41) is 0. The van der Waals surface area contributed by atoms with Gasteiger partial charge in [-0.3, -0.25) is 4.79 Å². The second-order valence-corrected chi connectivity index (χ2v) is 13.8. The molecule has 0 aromatic carbocycles. The van der Waals surface area contributed by atoms with Gasteiger partial charge >= 0.3 is 5.97 Å². The highest BCUT2D eigenvalue weighted by molar-refractivity contribution is 5.71. The first kappa shape index (κ1) is 23.7. The Kier molecular flexibility index (Phi) is 5.71. The standard InChI is InChI=1S/C29H47NO4/c1-17-7-12-29(32-16-17)18(2)26-24(34-29)14-23-21-6-5-19-13-20(33-25(31)15-30)8-10-27(19,3)22(21)9-11-28(23,26)4/h17-24,26H,5-16,30H2,1-4H3/t17-,18-,19+,20+,21+,22-,23-,24-,26-,27-,28-,29+/m0/s1. The Morgan fingerprint density at radius 2 is 1.76 bits per heavy atom. The predicted molar refractivity (Wildman–Crippen MR) is 131 cm³/mol. The second-order valence-electron chi connectivity index (χ2n) is 13.8. The maximum atomic E-state index is 11.8. The Morgan fingerprint density at radius 3 is 2.50 bits per heavy atom. The molecule has 2 heterocycles. The molecule has 0 bridgehead atoms. The average molecular weight is 474 g/mol. The molecule has 6 fully saturated rings. The van der Waals surface area contributed by atoms with Crippen LogP contribution in [0.15, 0.2) is 0 Å². The van der Waals surface area contributed by atoms with Crippen LogP contribution in [0.25, 0.3) is 0 Å². The van der Waals surface area contributed by atoms with Crippen molar-refractivity contribution < 1.29 is 19.0 Å². The highest BCUT2D eigenvalue weighted by Gasteiger charge is 2.69. The van der Waals surface area contributed by atoms with E-state index in [4.69, 9.17) is 19.9 Å². The summed E-state index contributed by atoms with van der Waals surface area (Å²) in [4.78, 5) is 11.8. The van der Waals surface area contributed by atoms with E-state index in [-0.39, 0.29) is 24.4 Å². The Morgan fingerprint density at radius 1 is 0.971 bits per heavy atom. The number of rotatable bonds is 2. The van der Waals surface area contributed by atoms with Crippen molar-refractivity contribution in [3.63, 3.8) is 0 Å². The molecule has 5 nitrogen and oxygen atoms in total. The molecule has 34 heavy (non-hydrogen) atoms. The molecule has 2 aliphatic heterocycles. The summed E-state index contributed by atoms with van der Waals surface area (Å²) in [7, 11) is 0. The molecule has 1 spiro atoms. The van der Waals surface area contributed by atoms with Crippen LogP contribution in [0.1, 0.15) is 91.9 Å². The number of nitrogens with two attached hydrogens (primary N) is 1. The van der Waals surface area contributed by atoms with E-state index in [1.54, 1.807) is 0 Å². The third-order valence-electron chi connectivity index (χ3n) is 12.3. The van der Waals surface area contributed by atoms with Gasteiger partial charge in [-0.05, 0) is 104 Å². The second kappa shape index (κ2) is 8.18. The van der Waals surface area contributed by atoms with Gasteiger partial charge in [-0.1, -0.05) is 27.7 Å². The molecule has 6 aliphatic rings. The van der Waals surface area contributed by atoms with Gasteiger partial charge in [0.25, 0.3) is 0 Å². The third-order valence-corrected chi connectivity index (χ3v) is 12.3.